The van der Waals surface area contributed by atoms with Gasteiger partial charge in [0.2, 0.25) is 0 Å². The van der Waals surface area contributed by atoms with Crippen LogP contribution in [-0.2, 0) is 0 Å². The topological polar surface area (TPSA) is 87.1 Å². The number of amides is 2. The van der Waals surface area contributed by atoms with E-state index in [1.165, 1.54) is 11.3 Å². The number of pyridine rings is 2. The van der Waals surface area contributed by atoms with E-state index in [1.54, 1.807) is 12.3 Å². The molecule has 0 aromatic carbocycles. The predicted octanol–water partition coefficient (Wildman–Crippen LogP) is 3.01. The summed E-state index contributed by atoms with van der Waals surface area (Å²) in [4.78, 5) is 25.8. The van der Waals surface area contributed by atoms with E-state index in [0.29, 0.717) is 11.9 Å². The minimum Gasteiger partial charge on any atom is -0.322 e. The lowest BCUT2D eigenvalue weighted by molar-refractivity contribution is 0.125. The van der Waals surface area contributed by atoms with Gasteiger partial charge in [-0.3, -0.25) is 10.2 Å². The summed E-state index contributed by atoms with van der Waals surface area (Å²) in [5, 5.41) is 13.7. The number of nitrogens with zero attached hydrogens (tertiary/aromatic N) is 6. The van der Waals surface area contributed by atoms with Crippen LogP contribution in [0.1, 0.15) is 18.9 Å². The van der Waals surface area contributed by atoms with Crippen molar-refractivity contribution in [2.45, 2.75) is 26.8 Å². The average molecular weight is 398 g/mol. The van der Waals surface area contributed by atoms with Gasteiger partial charge in [0.1, 0.15) is 16.5 Å². The monoisotopic (exact) mass is 397 g/mol. The summed E-state index contributed by atoms with van der Waals surface area (Å²) in [6.45, 7) is 9.50. The normalized spacial score (nSPS) is 15.4. The Balaban J connectivity index is 1.49. The molecule has 4 heterocycles. The van der Waals surface area contributed by atoms with Gasteiger partial charge in [-0.1, -0.05) is 11.3 Å². The Morgan fingerprint density at radius 1 is 1.18 bits per heavy atom. The molecule has 2 amide bonds. The van der Waals surface area contributed by atoms with Crippen LogP contribution in [0.5, 0.6) is 0 Å². The minimum atomic E-state index is -0.119. The van der Waals surface area contributed by atoms with Crippen molar-refractivity contribution in [3.8, 4) is 10.7 Å². The lowest BCUT2D eigenvalue weighted by Gasteiger charge is -2.36. The van der Waals surface area contributed by atoms with Gasteiger partial charge in [-0.15, -0.1) is 10.2 Å². The Morgan fingerprint density at radius 2 is 1.96 bits per heavy atom. The van der Waals surface area contributed by atoms with Gasteiger partial charge in [-0.05, 0) is 32.9 Å². The Morgan fingerprint density at radius 3 is 2.64 bits per heavy atom. The van der Waals surface area contributed by atoms with Crippen molar-refractivity contribution in [3.05, 3.63) is 29.4 Å². The van der Waals surface area contributed by atoms with Crippen LogP contribution < -0.4 is 5.32 Å². The zero-order chi connectivity index (χ0) is 19.7. The molecular weight excluding hydrogens is 374 g/mol. The number of hydrogen-bond donors (Lipinski definition) is 1. The van der Waals surface area contributed by atoms with E-state index < -0.39 is 0 Å². The van der Waals surface area contributed by atoms with Crippen LogP contribution in [0.15, 0.2) is 24.4 Å². The Bertz CT molecular complexity index is 995. The SMILES string of the molecule is Cc1nnc(-c2ccc3cnc(NC(=O)N4CCN(C(C)C)CC4)cc3n2)s1. The first-order chi connectivity index (χ1) is 13.5. The fourth-order valence-electron chi connectivity index (χ4n) is 3.23. The third-order valence-electron chi connectivity index (χ3n) is 4.89. The van der Waals surface area contributed by atoms with E-state index in [-0.39, 0.29) is 6.03 Å². The van der Waals surface area contributed by atoms with Crippen LogP contribution in [-0.4, -0.2) is 68.2 Å². The zero-order valence-corrected chi connectivity index (χ0v) is 17.0. The van der Waals surface area contributed by atoms with Crippen molar-refractivity contribution in [2.24, 2.45) is 0 Å². The second-order valence-electron chi connectivity index (χ2n) is 7.13. The molecule has 0 saturated carbocycles. The summed E-state index contributed by atoms with van der Waals surface area (Å²) in [6, 6.07) is 6.06. The molecule has 0 radical (unpaired) electrons. The number of piperazine rings is 1. The zero-order valence-electron chi connectivity index (χ0n) is 16.2. The molecule has 0 unspecified atom stereocenters. The highest BCUT2D eigenvalue weighted by molar-refractivity contribution is 7.14. The van der Waals surface area contributed by atoms with Gasteiger partial charge in [-0.2, -0.15) is 0 Å². The maximum Gasteiger partial charge on any atom is 0.323 e. The average Bonchev–Trinajstić information content (AvgIpc) is 3.14. The molecule has 4 rings (SSSR count). The maximum atomic E-state index is 12.6. The van der Waals surface area contributed by atoms with Gasteiger partial charge in [-0.25, -0.2) is 14.8 Å². The summed E-state index contributed by atoms with van der Waals surface area (Å²) >= 11 is 1.50. The molecule has 0 atom stereocenters. The number of nitrogens with one attached hydrogen (secondary N) is 1. The molecule has 8 nitrogen and oxygen atoms in total. The van der Waals surface area contributed by atoms with E-state index in [9.17, 15) is 4.79 Å². The molecule has 9 heteroatoms. The lowest BCUT2D eigenvalue weighted by Crippen LogP contribution is -2.51. The molecule has 1 N–H and O–H groups in total. The Kier molecular flexibility index (Phi) is 5.19. The lowest BCUT2D eigenvalue weighted by atomic mass is 10.2. The van der Waals surface area contributed by atoms with Crippen LogP contribution in [0, 0.1) is 6.92 Å². The summed E-state index contributed by atoms with van der Waals surface area (Å²) in [6.07, 6.45) is 1.73. The Labute approximate surface area is 167 Å². The van der Waals surface area contributed by atoms with Crippen LogP contribution >= 0.6 is 11.3 Å². The molecule has 0 aliphatic carbocycles. The van der Waals surface area contributed by atoms with E-state index in [4.69, 9.17) is 0 Å². The summed E-state index contributed by atoms with van der Waals surface area (Å²) in [7, 11) is 0. The highest BCUT2D eigenvalue weighted by Gasteiger charge is 2.22. The van der Waals surface area contributed by atoms with Gasteiger partial charge in [0.25, 0.3) is 0 Å². The summed E-state index contributed by atoms with van der Waals surface area (Å²) in [5.41, 5.74) is 1.53. The highest BCUT2D eigenvalue weighted by atomic mass is 32.1. The molecule has 3 aromatic heterocycles. The molecule has 1 aliphatic rings. The molecule has 0 bridgehead atoms. The number of carbonyl (C=O) groups is 1. The number of rotatable bonds is 3. The van der Waals surface area contributed by atoms with Crippen molar-refractivity contribution in [1.29, 1.82) is 0 Å². The number of fused-ring (bicyclic) bond motifs is 1. The van der Waals surface area contributed by atoms with Crippen molar-refractivity contribution >= 4 is 34.1 Å². The largest absolute Gasteiger partial charge is 0.323 e. The van der Waals surface area contributed by atoms with E-state index in [2.05, 4.69) is 44.2 Å². The number of hydrogen-bond acceptors (Lipinski definition) is 7. The summed E-state index contributed by atoms with van der Waals surface area (Å²) < 4.78 is 0. The van der Waals surface area contributed by atoms with Gasteiger partial charge >= 0.3 is 6.03 Å². The first kappa shape index (κ1) is 18.7. The number of carbonyl (C=O) groups excluding carboxylic acids is 1. The maximum absolute atomic E-state index is 12.6. The standard InChI is InChI=1S/C19H23N7OS/c1-12(2)25-6-8-26(9-7-25)19(27)22-17-10-16-14(11-20-17)4-5-15(21-16)18-24-23-13(3)28-18/h4-5,10-12H,6-9H2,1-3H3,(H,20,22,27). The fraction of sp³-hybridized carbons (Fsp3) is 0.421. The molecule has 1 aliphatic heterocycles. The van der Waals surface area contributed by atoms with Crippen molar-refractivity contribution < 1.29 is 4.79 Å². The smallest absolute Gasteiger partial charge is 0.322 e. The molecular formula is C19H23N7OS. The van der Waals surface area contributed by atoms with E-state index in [1.807, 2.05) is 24.0 Å². The van der Waals surface area contributed by atoms with Crippen LogP contribution in [0.3, 0.4) is 0 Å². The molecule has 1 fully saturated rings. The number of anilines is 1. The minimum absolute atomic E-state index is 0.119. The van der Waals surface area contributed by atoms with Gasteiger partial charge in [0.05, 0.1) is 5.52 Å². The Hall–Kier alpha value is -2.65. The van der Waals surface area contributed by atoms with E-state index in [0.717, 1.165) is 52.8 Å². The van der Waals surface area contributed by atoms with Gasteiger partial charge in [0.15, 0.2) is 5.01 Å². The van der Waals surface area contributed by atoms with Crippen molar-refractivity contribution in [2.75, 3.05) is 31.5 Å². The number of urea groups is 1. The molecule has 0 spiro atoms. The highest BCUT2D eigenvalue weighted by Crippen LogP contribution is 2.24. The summed E-state index contributed by atoms with van der Waals surface area (Å²) in [5.74, 6) is 0.502. The molecule has 146 valence electrons. The predicted molar refractivity (Wildman–Crippen MR) is 110 cm³/mol. The first-order valence-electron chi connectivity index (χ1n) is 9.37. The van der Waals surface area contributed by atoms with Gasteiger partial charge < -0.3 is 4.90 Å². The quantitative estimate of drug-likeness (QED) is 0.731. The van der Waals surface area contributed by atoms with Crippen LogP contribution in [0.25, 0.3) is 21.6 Å². The molecule has 3 aromatic rings. The van der Waals surface area contributed by atoms with Crippen molar-refractivity contribution in [1.82, 2.24) is 30.0 Å². The fourth-order valence-corrected chi connectivity index (χ4v) is 3.90. The third kappa shape index (κ3) is 3.95. The number of aromatic nitrogens is 4. The first-order valence-corrected chi connectivity index (χ1v) is 10.2. The van der Waals surface area contributed by atoms with E-state index >= 15 is 0 Å². The second-order valence-corrected chi connectivity index (χ2v) is 8.31. The molecule has 28 heavy (non-hydrogen) atoms. The van der Waals surface area contributed by atoms with Crippen molar-refractivity contribution in [3.63, 3.8) is 0 Å². The number of aryl methyl sites for hydroxylation is 1. The molecule has 1 saturated heterocycles. The van der Waals surface area contributed by atoms with Crippen LogP contribution in [0.4, 0.5) is 10.6 Å². The van der Waals surface area contributed by atoms with Crippen LogP contribution in [0.2, 0.25) is 0 Å². The third-order valence-corrected chi connectivity index (χ3v) is 5.75. The second kappa shape index (κ2) is 7.76. The van der Waals surface area contributed by atoms with Gasteiger partial charge in [0, 0.05) is 49.9 Å².